The van der Waals surface area contributed by atoms with Crippen molar-refractivity contribution in [2.45, 2.75) is 11.3 Å². The van der Waals surface area contributed by atoms with E-state index in [-0.39, 0.29) is 17.1 Å². The summed E-state index contributed by atoms with van der Waals surface area (Å²) < 4.78 is 43.9. The molecule has 1 aliphatic rings. The van der Waals surface area contributed by atoms with Crippen LogP contribution in [0.3, 0.4) is 0 Å². The van der Waals surface area contributed by atoms with Gasteiger partial charge in [0.15, 0.2) is 26.1 Å². The van der Waals surface area contributed by atoms with E-state index in [9.17, 15) is 13.2 Å². The van der Waals surface area contributed by atoms with Crippen LogP contribution in [-0.2, 0) is 21.7 Å². The van der Waals surface area contributed by atoms with Crippen LogP contribution in [0.25, 0.3) is 10.2 Å². The number of methoxy groups -OCH3 is 1. The van der Waals surface area contributed by atoms with Crippen LogP contribution < -0.4 is 19.0 Å². The Morgan fingerprint density at radius 3 is 2.50 bits per heavy atom. The van der Waals surface area contributed by atoms with Crippen LogP contribution in [0.15, 0.2) is 46.3 Å². The SMILES string of the molecule is COc1ccc(S(=O)(=O)CCC(=O)N=c2sc3cc4c(cc3n2C)OCCO4)cc1. The number of hydrogen-bond acceptors (Lipinski definition) is 7. The Kier molecular flexibility index (Phi) is 5.52. The molecular weight excluding hydrogens is 428 g/mol. The van der Waals surface area contributed by atoms with Crippen LogP contribution in [0.2, 0.25) is 0 Å². The van der Waals surface area contributed by atoms with Crippen molar-refractivity contribution in [2.24, 2.45) is 12.0 Å². The Bertz CT molecular complexity index is 1270. The summed E-state index contributed by atoms with van der Waals surface area (Å²) in [6, 6.07) is 9.80. The number of sulfone groups is 1. The summed E-state index contributed by atoms with van der Waals surface area (Å²) in [5, 5.41) is 0. The number of benzene rings is 2. The van der Waals surface area contributed by atoms with Crippen LogP contribution in [0.1, 0.15) is 6.42 Å². The van der Waals surface area contributed by atoms with Gasteiger partial charge in [-0.3, -0.25) is 4.79 Å². The summed E-state index contributed by atoms with van der Waals surface area (Å²) in [6.45, 7) is 0.985. The maximum Gasteiger partial charge on any atom is 0.249 e. The number of hydrogen-bond donors (Lipinski definition) is 0. The molecule has 0 N–H and O–H groups in total. The number of carbonyl (C=O) groups excluding carboxylic acids is 1. The first-order chi connectivity index (χ1) is 14.4. The van der Waals surface area contributed by atoms with Gasteiger partial charge in [-0.1, -0.05) is 11.3 Å². The predicted octanol–water partition coefficient (Wildman–Crippen LogP) is 2.31. The molecule has 1 amide bonds. The Hall–Kier alpha value is -2.85. The second kappa shape index (κ2) is 8.11. The number of nitrogens with zero attached hydrogens (tertiary/aromatic N) is 2. The molecule has 4 rings (SSSR count). The van der Waals surface area contributed by atoms with Crippen LogP contribution in [-0.4, -0.2) is 45.0 Å². The average Bonchev–Trinajstić information content (AvgIpc) is 3.05. The minimum atomic E-state index is -3.59. The molecular formula is C20H20N2O6S2. The number of carbonyl (C=O) groups is 1. The minimum absolute atomic E-state index is 0.147. The van der Waals surface area contributed by atoms with Gasteiger partial charge in [0.2, 0.25) is 5.91 Å². The second-order valence-electron chi connectivity index (χ2n) is 6.66. The molecule has 2 heterocycles. The molecule has 3 aromatic rings. The third-order valence-corrected chi connectivity index (χ3v) is 7.52. The van der Waals surface area contributed by atoms with Crippen molar-refractivity contribution in [1.82, 2.24) is 4.57 Å². The number of aryl methyl sites for hydroxylation is 1. The lowest BCUT2D eigenvalue weighted by molar-refractivity contribution is -0.117. The van der Waals surface area contributed by atoms with Crippen molar-refractivity contribution in [3.8, 4) is 17.2 Å². The van der Waals surface area contributed by atoms with E-state index in [0.29, 0.717) is 35.3 Å². The largest absolute Gasteiger partial charge is 0.497 e. The fraction of sp³-hybridized carbons (Fsp3) is 0.300. The maximum atomic E-state index is 12.5. The van der Waals surface area contributed by atoms with Crippen LogP contribution in [0.5, 0.6) is 17.2 Å². The van der Waals surface area contributed by atoms with Crippen molar-refractivity contribution >= 4 is 37.3 Å². The Balaban J connectivity index is 1.53. The molecule has 0 fully saturated rings. The number of fused-ring (bicyclic) bond motifs is 2. The van der Waals surface area contributed by atoms with Crippen molar-refractivity contribution in [3.05, 3.63) is 41.2 Å². The van der Waals surface area contributed by atoms with Crippen molar-refractivity contribution in [3.63, 3.8) is 0 Å². The second-order valence-corrected chi connectivity index (χ2v) is 9.78. The Morgan fingerprint density at radius 1 is 1.17 bits per heavy atom. The fourth-order valence-corrected chi connectivity index (χ4v) is 5.33. The van der Waals surface area contributed by atoms with E-state index < -0.39 is 15.7 Å². The molecule has 1 aliphatic heterocycles. The molecule has 0 saturated carbocycles. The lowest BCUT2D eigenvalue weighted by Gasteiger charge is -2.18. The molecule has 0 unspecified atom stereocenters. The van der Waals surface area contributed by atoms with Gasteiger partial charge in [-0.15, -0.1) is 0 Å². The van der Waals surface area contributed by atoms with Crippen molar-refractivity contribution in [2.75, 3.05) is 26.1 Å². The summed E-state index contributed by atoms with van der Waals surface area (Å²) in [5.74, 6) is 1.08. The van der Waals surface area contributed by atoms with Gasteiger partial charge in [-0.25, -0.2) is 8.42 Å². The molecule has 30 heavy (non-hydrogen) atoms. The van der Waals surface area contributed by atoms with Gasteiger partial charge in [0.1, 0.15) is 19.0 Å². The van der Waals surface area contributed by atoms with Crippen LogP contribution in [0.4, 0.5) is 0 Å². The van der Waals surface area contributed by atoms with Gasteiger partial charge < -0.3 is 18.8 Å². The summed E-state index contributed by atoms with van der Waals surface area (Å²) >= 11 is 1.34. The summed E-state index contributed by atoms with van der Waals surface area (Å²) in [6.07, 6.45) is -0.203. The molecule has 0 spiro atoms. The summed E-state index contributed by atoms with van der Waals surface area (Å²) in [7, 11) is -0.284. The standard InChI is InChI=1S/C20H20N2O6S2/c1-22-15-11-16-17(28-9-8-27-16)12-18(15)29-20(22)21-19(23)7-10-30(24,25)14-5-3-13(26-2)4-6-14/h3-6,11-12H,7-10H2,1-2H3. The average molecular weight is 449 g/mol. The molecule has 0 aliphatic carbocycles. The van der Waals surface area contributed by atoms with E-state index in [2.05, 4.69) is 4.99 Å². The normalized spacial score (nSPS) is 14.1. The fourth-order valence-electron chi connectivity index (χ4n) is 3.06. The van der Waals surface area contributed by atoms with Crippen LogP contribution in [0, 0.1) is 0 Å². The number of thiazole rings is 1. The molecule has 0 bridgehead atoms. The minimum Gasteiger partial charge on any atom is -0.497 e. The third-order valence-electron chi connectivity index (χ3n) is 4.70. The highest BCUT2D eigenvalue weighted by atomic mass is 32.2. The first-order valence-electron chi connectivity index (χ1n) is 9.21. The van der Waals surface area contributed by atoms with E-state index in [1.165, 1.54) is 30.6 Å². The first kappa shape index (κ1) is 20.4. The quantitative estimate of drug-likeness (QED) is 0.594. The zero-order chi connectivity index (χ0) is 21.3. The zero-order valence-corrected chi connectivity index (χ0v) is 18.1. The highest BCUT2D eigenvalue weighted by Gasteiger charge is 2.18. The lowest BCUT2D eigenvalue weighted by atomic mass is 10.3. The number of amides is 1. The smallest absolute Gasteiger partial charge is 0.249 e. The third kappa shape index (κ3) is 4.05. The van der Waals surface area contributed by atoms with E-state index >= 15 is 0 Å². The summed E-state index contributed by atoms with van der Waals surface area (Å²) in [5.41, 5.74) is 0.863. The topological polar surface area (TPSA) is 96.2 Å². The molecule has 10 heteroatoms. The highest BCUT2D eigenvalue weighted by Crippen LogP contribution is 2.35. The van der Waals surface area contributed by atoms with Gasteiger partial charge in [-0.2, -0.15) is 4.99 Å². The van der Waals surface area contributed by atoms with E-state index in [0.717, 1.165) is 10.2 Å². The molecule has 0 saturated heterocycles. The number of ether oxygens (including phenoxy) is 3. The van der Waals surface area contributed by atoms with Crippen molar-refractivity contribution < 1.29 is 27.4 Å². The molecule has 158 valence electrons. The van der Waals surface area contributed by atoms with E-state index in [1.54, 1.807) is 23.7 Å². The van der Waals surface area contributed by atoms with Crippen molar-refractivity contribution in [1.29, 1.82) is 0 Å². The number of rotatable bonds is 5. The van der Waals surface area contributed by atoms with Gasteiger partial charge >= 0.3 is 0 Å². The number of aromatic nitrogens is 1. The monoisotopic (exact) mass is 448 g/mol. The molecule has 0 atom stereocenters. The lowest BCUT2D eigenvalue weighted by Crippen LogP contribution is -2.16. The van der Waals surface area contributed by atoms with Gasteiger partial charge in [-0.05, 0) is 24.3 Å². The predicted molar refractivity (Wildman–Crippen MR) is 112 cm³/mol. The van der Waals surface area contributed by atoms with E-state index in [1.807, 2.05) is 12.1 Å². The van der Waals surface area contributed by atoms with Gasteiger partial charge in [0, 0.05) is 25.6 Å². The zero-order valence-electron chi connectivity index (χ0n) is 16.5. The van der Waals surface area contributed by atoms with Crippen LogP contribution >= 0.6 is 11.3 Å². The first-order valence-corrected chi connectivity index (χ1v) is 11.7. The molecule has 0 radical (unpaired) electrons. The van der Waals surface area contributed by atoms with Gasteiger partial charge in [0.25, 0.3) is 0 Å². The highest BCUT2D eigenvalue weighted by molar-refractivity contribution is 7.91. The van der Waals surface area contributed by atoms with E-state index in [4.69, 9.17) is 14.2 Å². The maximum absolute atomic E-state index is 12.5. The summed E-state index contributed by atoms with van der Waals surface area (Å²) in [4.78, 5) is 17.1. The molecule has 1 aromatic heterocycles. The Labute approximate surface area is 177 Å². The molecule has 2 aromatic carbocycles. The van der Waals surface area contributed by atoms with Gasteiger partial charge in [0.05, 0.1) is 28.0 Å². The molecule has 8 nitrogen and oxygen atoms in total. The Morgan fingerprint density at radius 2 is 1.83 bits per heavy atom.